The van der Waals surface area contributed by atoms with Crippen molar-refractivity contribution in [2.45, 2.75) is 40.0 Å². The van der Waals surface area contributed by atoms with Gasteiger partial charge in [-0.25, -0.2) is 0 Å². The number of fused-ring (bicyclic) bond motifs is 15. The molecule has 344 valence electrons. The summed E-state index contributed by atoms with van der Waals surface area (Å²) in [5.41, 5.74) is 17.2. The second-order valence-corrected chi connectivity index (χ2v) is 22.6. The van der Waals surface area contributed by atoms with E-state index in [9.17, 15) is 0 Å². The van der Waals surface area contributed by atoms with Crippen LogP contribution < -0.4 is 0 Å². The summed E-state index contributed by atoms with van der Waals surface area (Å²) in [4.78, 5) is 0. The topological polar surface area (TPSA) is 0 Å². The second-order valence-electron chi connectivity index (χ2n) is 22.6. The van der Waals surface area contributed by atoms with Gasteiger partial charge in [0, 0.05) is 0 Å². The zero-order valence-corrected chi connectivity index (χ0v) is 42.1. The molecule has 0 fully saturated rings. The van der Waals surface area contributed by atoms with Crippen LogP contribution in [0.25, 0.3) is 174 Å². The molecule has 0 saturated carbocycles. The molecule has 0 radical (unpaired) electrons. The van der Waals surface area contributed by atoms with E-state index in [0.29, 0.717) is 0 Å². The van der Waals surface area contributed by atoms with Gasteiger partial charge in [0.2, 0.25) is 0 Å². The van der Waals surface area contributed by atoms with Gasteiger partial charge in [-0.1, -0.05) is 209 Å². The highest BCUT2D eigenvalue weighted by Crippen LogP contribution is 2.61. The summed E-state index contributed by atoms with van der Waals surface area (Å²) < 4.78 is 0. The van der Waals surface area contributed by atoms with E-state index in [0.717, 1.165) is 0 Å². The Kier molecular flexibility index (Phi) is 7.71. The third-order valence-corrected chi connectivity index (χ3v) is 17.8. The molecule has 0 aromatic heterocycles. The Balaban J connectivity index is 1.03. The van der Waals surface area contributed by atoms with Gasteiger partial charge in [-0.05, 0) is 222 Å². The molecule has 17 rings (SSSR count). The van der Waals surface area contributed by atoms with E-state index in [1.807, 2.05) is 0 Å². The first-order valence-corrected chi connectivity index (χ1v) is 26.4. The first kappa shape index (κ1) is 40.7. The lowest BCUT2D eigenvalue weighted by molar-refractivity contribution is 0.591. The molecule has 0 unspecified atom stereocenters. The van der Waals surface area contributed by atoms with Crippen molar-refractivity contribution >= 4 is 118 Å². The maximum atomic E-state index is 2.58. The van der Waals surface area contributed by atoms with Gasteiger partial charge in [-0.15, -0.1) is 0 Å². The van der Waals surface area contributed by atoms with Crippen LogP contribution in [0.5, 0.6) is 0 Å². The minimum atomic E-state index is 0.0105. The van der Waals surface area contributed by atoms with Crippen LogP contribution in [0.15, 0.2) is 200 Å². The quantitative estimate of drug-likeness (QED) is 0.122. The number of benzene rings is 14. The molecule has 1 aliphatic carbocycles. The summed E-state index contributed by atoms with van der Waals surface area (Å²) in [6, 6.07) is 77.2. The van der Waals surface area contributed by atoms with Crippen LogP contribution in [0.3, 0.4) is 0 Å². The predicted molar refractivity (Wildman–Crippen MR) is 321 cm³/mol. The van der Waals surface area contributed by atoms with Gasteiger partial charge in [-0.2, -0.15) is 0 Å². The first-order valence-electron chi connectivity index (χ1n) is 26.4. The molecule has 0 aliphatic heterocycles. The number of hydrogen-bond donors (Lipinski definition) is 0. The summed E-state index contributed by atoms with van der Waals surface area (Å²) in [7, 11) is 0. The lowest BCUT2D eigenvalue weighted by Crippen LogP contribution is -2.10. The van der Waals surface area contributed by atoms with Crippen molar-refractivity contribution in [2.24, 2.45) is 0 Å². The van der Waals surface area contributed by atoms with Crippen molar-refractivity contribution < 1.29 is 0 Å². The fourth-order valence-corrected chi connectivity index (χ4v) is 14.7. The molecule has 16 aromatic carbocycles. The second kappa shape index (κ2) is 14.0. The van der Waals surface area contributed by atoms with E-state index in [-0.39, 0.29) is 5.41 Å². The molecule has 0 heteroatoms. The van der Waals surface area contributed by atoms with Crippen LogP contribution in [-0.2, 0) is 5.41 Å². The Morgan fingerprint density at radius 1 is 0.230 bits per heavy atom. The van der Waals surface area contributed by atoms with Gasteiger partial charge in [0.15, 0.2) is 0 Å². The van der Waals surface area contributed by atoms with Gasteiger partial charge in [0.1, 0.15) is 0 Å². The highest BCUT2D eigenvalue weighted by molar-refractivity contribution is 6.51. The summed E-state index contributed by atoms with van der Waals surface area (Å²) in [6.07, 6.45) is 0. The van der Waals surface area contributed by atoms with Crippen LogP contribution in [-0.4, -0.2) is 0 Å². The van der Waals surface area contributed by atoms with Crippen LogP contribution in [0.1, 0.15) is 37.5 Å². The third kappa shape index (κ3) is 4.94. The van der Waals surface area contributed by atoms with Crippen molar-refractivity contribution in [3.8, 4) is 55.6 Å². The van der Waals surface area contributed by atoms with Crippen LogP contribution in [0.2, 0.25) is 0 Å². The van der Waals surface area contributed by atoms with E-state index in [2.05, 4.69) is 235 Å². The molecular formula is C74H48. The molecule has 0 amide bonds. The van der Waals surface area contributed by atoms with E-state index in [4.69, 9.17) is 0 Å². The maximum absolute atomic E-state index is 2.58. The molecule has 0 atom stereocenters. The average Bonchev–Trinajstić information content (AvgIpc) is 4.13. The summed E-state index contributed by atoms with van der Waals surface area (Å²) in [6.45, 7) is 11.6. The fraction of sp³-hybridized carbons (Fsp3) is 0.0811. The molecule has 0 saturated heterocycles. The van der Waals surface area contributed by atoms with Gasteiger partial charge < -0.3 is 0 Å². The van der Waals surface area contributed by atoms with Crippen molar-refractivity contribution in [3.05, 3.63) is 217 Å². The monoisotopic (exact) mass is 936 g/mol. The predicted octanol–water partition coefficient (Wildman–Crippen LogP) is 21.2. The lowest BCUT2D eigenvalue weighted by Gasteiger charge is -2.22. The van der Waals surface area contributed by atoms with Crippen molar-refractivity contribution in [1.29, 1.82) is 0 Å². The molecule has 16 aromatic rings. The highest BCUT2D eigenvalue weighted by atomic mass is 14.4. The van der Waals surface area contributed by atoms with Gasteiger partial charge in [-0.3, -0.25) is 0 Å². The smallest absolute Gasteiger partial charge is 0.000697 e. The minimum absolute atomic E-state index is 0.0105. The largest absolute Gasteiger partial charge is 0.0622 e. The van der Waals surface area contributed by atoms with Crippen LogP contribution in [0.4, 0.5) is 0 Å². The Labute approximate surface area is 428 Å². The third-order valence-electron chi connectivity index (χ3n) is 17.8. The van der Waals surface area contributed by atoms with Gasteiger partial charge in [0.05, 0.1) is 0 Å². The fourth-order valence-electron chi connectivity index (χ4n) is 14.7. The number of hydrogen-bond acceptors (Lipinski definition) is 0. The zero-order chi connectivity index (χ0) is 49.0. The Bertz CT molecular complexity index is 5010. The average molecular weight is 937 g/mol. The van der Waals surface area contributed by atoms with Gasteiger partial charge in [0.25, 0.3) is 0 Å². The van der Waals surface area contributed by atoms with Crippen molar-refractivity contribution in [1.82, 2.24) is 0 Å². The van der Waals surface area contributed by atoms with E-state index in [1.54, 1.807) is 0 Å². The van der Waals surface area contributed by atoms with Crippen molar-refractivity contribution in [2.75, 3.05) is 0 Å². The standard InChI is InChI=1S/C74H48/c1-39-17-9-11-21-43(39)62-47-25-15-16-26-48(47)63(44-22-12-10-18-40(44)2)72-57-36-33-52-50-31-34-55-66-53(30-29-49(64(50)66)51-32-35-56(71(62)72)68(57)65(51)52)59-38-60-61(41-19-7-6-8-20-41)45-23-13-14-24-46(45)67-58-37-42(74(3,4)5)27-28-54(58)70(69(55)59)73(60)67/h6-38H,1-5H3. The lowest BCUT2D eigenvalue weighted by atomic mass is 9.81. The van der Waals surface area contributed by atoms with Crippen LogP contribution in [0, 0.1) is 13.8 Å². The SMILES string of the molecule is Cc1ccccc1-c1c2c(c(-c3ccccc3C)c3ccccc13)-c1ccc3c4ccc5c6c(ccc(c7ccc-2c1c73)c46)c1cc2c(-c3ccccc3)c3ccccc3c3c4cc(C(C)(C)C)ccc4c(c15)c23. The summed E-state index contributed by atoms with van der Waals surface area (Å²) >= 11 is 0. The molecule has 0 heterocycles. The molecule has 1 aliphatic rings. The maximum Gasteiger partial charge on any atom is -0.000697 e. The summed E-state index contributed by atoms with van der Waals surface area (Å²) in [5, 5.41) is 29.6. The van der Waals surface area contributed by atoms with Crippen LogP contribution >= 0.6 is 0 Å². The Morgan fingerprint density at radius 2 is 0.608 bits per heavy atom. The molecule has 0 spiro atoms. The molecule has 0 N–H and O–H groups in total. The Hall–Kier alpha value is -8.84. The van der Waals surface area contributed by atoms with E-state index < -0.39 is 0 Å². The molecular weight excluding hydrogens is 889 g/mol. The molecule has 0 bridgehead atoms. The normalized spacial score (nSPS) is 12.9. The molecule has 0 nitrogen and oxygen atoms in total. The minimum Gasteiger partial charge on any atom is -0.0622 e. The Morgan fingerprint density at radius 3 is 1.19 bits per heavy atom. The number of aryl methyl sites for hydroxylation is 2. The van der Waals surface area contributed by atoms with E-state index >= 15 is 0 Å². The van der Waals surface area contributed by atoms with Gasteiger partial charge >= 0.3 is 0 Å². The first-order chi connectivity index (χ1) is 36.2. The summed E-state index contributed by atoms with van der Waals surface area (Å²) in [5.74, 6) is 0. The molecule has 74 heavy (non-hydrogen) atoms. The van der Waals surface area contributed by atoms with Crippen molar-refractivity contribution in [3.63, 3.8) is 0 Å². The van der Waals surface area contributed by atoms with E-state index in [1.165, 1.54) is 191 Å². The zero-order valence-electron chi connectivity index (χ0n) is 42.1. The highest BCUT2D eigenvalue weighted by Gasteiger charge is 2.34. The number of rotatable bonds is 3.